The molecule has 0 fully saturated rings. The summed E-state index contributed by atoms with van der Waals surface area (Å²) in [4.78, 5) is 0. The molecule has 1 atom stereocenters. The number of nitrogens with zero attached hydrogens (tertiary/aromatic N) is 2. The van der Waals surface area contributed by atoms with Crippen LogP contribution in [-0.4, -0.2) is 10.2 Å². The van der Waals surface area contributed by atoms with Crippen molar-refractivity contribution in [1.82, 2.24) is 10.2 Å². The van der Waals surface area contributed by atoms with Gasteiger partial charge in [0.25, 0.3) is 0 Å². The largest absolute Gasteiger partial charge is 0.418 e. The van der Waals surface area contributed by atoms with Gasteiger partial charge in [0.05, 0.1) is 0 Å². The minimum Gasteiger partial charge on any atom is -0.418 e. The standard InChI is InChI=1S/C23H19ClFN3O/c1-2-15-7-6-10-18(13-15)26-21(19-12-11-17(25)14-20(19)24)23-28-27-22(29-23)16-8-4-3-5-9-16/h3-14,21,26H,2H2,1H3/t21-/m0/s1. The van der Waals surface area contributed by atoms with Crippen LogP contribution >= 0.6 is 11.6 Å². The van der Waals surface area contributed by atoms with E-state index in [2.05, 4.69) is 34.6 Å². The van der Waals surface area contributed by atoms with Crippen molar-refractivity contribution >= 4 is 17.3 Å². The van der Waals surface area contributed by atoms with E-state index in [1.54, 1.807) is 6.07 Å². The molecular weight excluding hydrogens is 389 g/mol. The summed E-state index contributed by atoms with van der Waals surface area (Å²) in [7, 11) is 0. The van der Waals surface area contributed by atoms with Gasteiger partial charge in [-0.2, -0.15) is 0 Å². The van der Waals surface area contributed by atoms with Crippen LogP contribution in [0.15, 0.2) is 77.2 Å². The zero-order valence-electron chi connectivity index (χ0n) is 15.8. The molecule has 146 valence electrons. The Bertz CT molecular complexity index is 1110. The molecule has 29 heavy (non-hydrogen) atoms. The summed E-state index contributed by atoms with van der Waals surface area (Å²) >= 11 is 6.35. The molecular formula is C23H19ClFN3O. The molecule has 0 saturated heterocycles. The van der Waals surface area contributed by atoms with Crippen LogP contribution in [0.4, 0.5) is 10.1 Å². The second kappa shape index (κ2) is 8.45. The number of hydrogen-bond acceptors (Lipinski definition) is 4. The number of nitrogens with one attached hydrogen (secondary N) is 1. The molecule has 4 rings (SSSR count). The van der Waals surface area contributed by atoms with E-state index in [9.17, 15) is 4.39 Å². The van der Waals surface area contributed by atoms with Crippen LogP contribution in [0.25, 0.3) is 11.5 Å². The van der Waals surface area contributed by atoms with Gasteiger partial charge in [-0.3, -0.25) is 0 Å². The minimum atomic E-state index is -0.528. The normalized spacial score (nSPS) is 12.0. The van der Waals surface area contributed by atoms with Crippen molar-refractivity contribution in [2.45, 2.75) is 19.4 Å². The molecule has 0 aliphatic heterocycles. The number of aryl methyl sites for hydroxylation is 1. The Hall–Kier alpha value is -3.18. The number of rotatable bonds is 6. The molecule has 0 saturated carbocycles. The predicted octanol–water partition coefficient (Wildman–Crippen LogP) is 6.29. The van der Waals surface area contributed by atoms with Gasteiger partial charge in [-0.05, 0) is 48.4 Å². The molecule has 4 nitrogen and oxygen atoms in total. The maximum absolute atomic E-state index is 13.6. The number of halogens is 2. The molecule has 1 aromatic heterocycles. The van der Waals surface area contributed by atoms with Crippen molar-refractivity contribution in [3.8, 4) is 11.5 Å². The van der Waals surface area contributed by atoms with Crippen LogP contribution in [0.3, 0.4) is 0 Å². The third-order valence-electron chi connectivity index (χ3n) is 4.63. The van der Waals surface area contributed by atoms with E-state index in [-0.39, 0.29) is 5.02 Å². The first kappa shape index (κ1) is 19.2. The predicted molar refractivity (Wildman–Crippen MR) is 112 cm³/mol. The fourth-order valence-corrected chi connectivity index (χ4v) is 3.38. The van der Waals surface area contributed by atoms with Crippen LogP contribution in [0.1, 0.15) is 30.0 Å². The van der Waals surface area contributed by atoms with Crippen molar-refractivity contribution in [3.05, 3.63) is 101 Å². The Morgan fingerprint density at radius 1 is 1.00 bits per heavy atom. The SMILES string of the molecule is CCc1cccc(N[C@H](c2nnc(-c3ccccc3)o2)c2ccc(F)cc2Cl)c1. The fraction of sp³-hybridized carbons (Fsp3) is 0.130. The van der Waals surface area contributed by atoms with Gasteiger partial charge in [0.1, 0.15) is 11.9 Å². The van der Waals surface area contributed by atoms with E-state index in [0.29, 0.717) is 17.3 Å². The zero-order valence-corrected chi connectivity index (χ0v) is 16.5. The molecule has 1 heterocycles. The van der Waals surface area contributed by atoms with Crippen molar-refractivity contribution in [2.24, 2.45) is 0 Å². The maximum atomic E-state index is 13.6. The first-order chi connectivity index (χ1) is 14.1. The Balaban J connectivity index is 1.75. The number of anilines is 1. The molecule has 0 radical (unpaired) electrons. The van der Waals surface area contributed by atoms with Gasteiger partial charge in [0.2, 0.25) is 11.8 Å². The molecule has 0 aliphatic rings. The van der Waals surface area contributed by atoms with Crippen molar-refractivity contribution < 1.29 is 8.81 Å². The van der Waals surface area contributed by atoms with Crippen LogP contribution in [-0.2, 0) is 6.42 Å². The maximum Gasteiger partial charge on any atom is 0.247 e. The minimum absolute atomic E-state index is 0.286. The fourth-order valence-electron chi connectivity index (χ4n) is 3.10. The Labute approximate surface area is 173 Å². The van der Waals surface area contributed by atoms with E-state index >= 15 is 0 Å². The Morgan fingerprint density at radius 3 is 2.59 bits per heavy atom. The highest BCUT2D eigenvalue weighted by Gasteiger charge is 2.24. The molecule has 0 unspecified atom stereocenters. The molecule has 0 amide bonds. The lowest BCUT2D eigenvalue weighted by Gasteiger charge is -2.19. The average molecular weight is 408 g/mol. The van der Waals surface area contributed by atoms with E-state index in [1.807, 2.05) is 42.5 Å². The number of hydrogen-bond donors (Lipinski definition) is 1. The highest BCUT2D eigenvalue weighted by atomic mass is 35.5. The van der Waals surface area contributed by atoms with Crippen molar-refractivity contribution in [3.63, 3.8) is 0 Å². The van der Waals surface area contributed by atoms with Gasteiger partial charge in [-0.1, -0.05) is 54.9 Å². The lowest BCUT2D eigenvalue weighted by Crippen LogP contribution is -2.14. The smallest absolute Gasteiger partial charge is 0.247 e. The van der Waals surface area contributed by atoms with Crippen molar-refractivity contribution in [1.29, 1.82) is 0 Å². The van der Waals surface area contributed by atoms with E-state index in [1.165, 1.54) is 17.7 Å². The highest BCUT2D eigenvalue weighted by Crippen LogP contribution is 2.33. The topological polar surface area (TPSA) is 51.0 Å². The molecule has 6 heteroatoms. The van der Waals surface area contributed by atoms with Crippen LogP contribution in [0, 0.1) is 5.82 Å². The molecule has 0 aliphatic carbocycles. The Kier molecular flexibility index (Phi) is 5.58. The van der Waals surface area contributed by atoms with Crippen LogP contribution in [0.2, 0.25) is 5.02 Å². The summed E-state index contributed by atoms with van der Waals surface area (Å²) in [6, 6.07) is 21.3. The quantitative estimate of drug-likeness (QED) is 0.408. The van der Waals surface area contributed by atoms with E-state index in [4.69, 9.17) is 16.0 Å². The third kappa shape index (κ3) is 4.30. The van der Waals surface area contributed by atoms with Gasteiger partial charge >= 0.3 is 0 Å². The van der Waals surface area contributed by atoms with Gasteiger partial charge in [0.15, 0.2) is 0 Å². The second-order valence-electron chi connectivity index (χ2n) is 6.61. The monoisotopic (exact) mass is 407 g/mol. The molecule has 0 spiro atoms. The van der Waals surface area contributed by atoms with Gasteiger partial charge in [-0.15, -0.1) is 10.2 Å². The molecule has 1 N–H and O–H groups in total. The average Bonchev–Trinajstić information content (AvgIpc) is 3.23. The zero-order chi connectivity index (χ0) is 20.2. The summed E-state index contributed by atoms with van der Waals surface area (Å²) in [6.07, 6.45) is 0.913. The molecule has 4 aromatic rings. The van der Waals surface area contributed by atoms with Gasteiger partial charge in [0, 0.05) is 21.8 Å². The highest BCUT2D eigenvalue weighted by molar-refractivity contribution is 6.31. The second-order valence-corrected chi connectivity index (χ2v) is 7.02. The summed E-state index contributed by atoms with van der Waals surface area (Å²) in [6.45, 7) is 2.09. The third-order valence-corrected chi connectivity index (χ3v) is 4.96. The van der Waals surface area contributed by atoms with E-state index < -0.39 is 11.9 Å². The van der Waals surface area contributed by atoms with E-state index in [0.717, 1.165) is 17.7 Å². The molecule has 0 bridgehead atoms. The summed E-state index contributed by atoms with van der Waals surface area (Å²) in [5, 5.41) is 12.1. The Morgan fingerprint density at radius 2 is 1.83 bits per heavy atom. The van der Waals surface area contributed by atoms with Crippen molar-refractivity contribution in [2.75, 3.05) is 5.32 Å². The molecule has 3 aromatic carbocycles. The van der Waals surface area contributed by atoms with Crippen LogP contribution in [0.5, 0.6) is 0 Å². The lowest BCUT2D eigenvalue weighted by molar-refractivity contribution is 0.494. The lowest BCUT2D eigenvalue weighted by atomic mass is 10.1. The number of aromatic nitrogens is 2. The van der Waals surface area contributed by atoms with Gasteiger partial charge < -0.3 is 9.73 Å². The first-order valence-electron chi connectivity index (χ1n) is 9.33. The van der Waals surface area contributed by atoms with Crippen LogP contribution < -0.4 is 5.32 Å². The number of benzene rings is 3. The summed E-state index contributed by atoms with van der Waals surface area (Å²) in [5.41, 5.74) is 3.55. The summed E-state index contributed by atoms with van der Waals surface area (Å²) in [5.74, 6) is 0.355. The summed E-state index contributed by atoms with van der Waals surface area (Å²) < 4.78 is 19.6. The van der Waals surface area contributed by atoms with Gasteiger partial charge in [-0.25, -0.2) is 4.39 Å². The first-order valence-corrected chi connectivity index (χ1v) is 9.71.